The van der Waals surface area contributed by atoms with Crippen molar-refractivity contribution >= 4 is 39.2 Å². The third kappa shape index (κ3) is 3.53. The summed E-state index contributed by atoms with van der Waals surface area (Å²) >= 11 is 2.87. The molecule has 2 heterocycles. The molecule has 27 heavy (non-hydrogen) atoms. The fraction of sp³-hybridized carbons (Fsp3) is 0.350. The lowest BCUT2D eigenvalue weighted by Gasteiger charge is -2.17. The number of fused-ring (bicyclic) bond motifs is 1. The van der Waals surface area contributed by atoms with Crippen LogP contribution in [-0.2, 0) is 11.8 Å². The lowest BCUT2D eigenvalue weighted by atomic mass is 10.1. The molecule has 1 N–H and O–H groups in total. The first-order chi connectivity index (χ1) is 13.0. The molecule has 0 spiro atoms. The molecule has 4 rings (SSSR count). The summed E-state index contributed by atoms with van der Waals surface area (Å²) in [6.07, 6.45) is 2.07. The van der Waals surface area contributed by atoms with Crippen molar-refractivity contribution in [2.75, 3.05) is 0 Å². The average Bonchev–Trinajstić information content (AvgIpc) is 3.42. The molecule has 2 aromatic heterocycles. The second kappa shape index (κ2) is 7.13. The molecule has 0 bridgehead atoms. The van der Waals surface area contributed by atoms with Crippen LogP contribution in [0, 0.1) is 13.8 Å². The van der Waals surface area contributed by atoms with E-state index in [-0.39, 0.29) is 17.5 Å². The molecule has 1 fully saturated rings. The lowest BCUT2D eigenvalue weighted by molar-refractivity contribution is -0.120. The molecule has 1 aliphatic carbocycles. The van der Waals surface area contributed by atoms with Crippen LogP contribution < -0.4 is 10.9 Å². The second-order valence-corrected chi connectivity index (χ2v) is 9.19. The fourth-order valence-electron chi connectivity index (χ4n) is 2.97. The predicted octanol–water partition coefficient (Wildman–Crippen LogP) is 3.72. The van der Waals surface area contributed by atoms with Gasteiger partial charge in [0.25, 0.3) is 5.56 Å². The minimum atomic E-state index is -0.440. The van der Waals surface area contributed by atoms with Crippen LogP contribution in [0.3, 0.4) is 0 Å². The third-order valence-electron chi connectivity index (χ3n) is 4.86. The minimum absolute atomic E-state index is 0.0263. The van der Waals surface area contributed by atoms with E-state index in [0.717, 1.165) is 33.7 Å². The van der Waals surface area contributed by atoms with Crippen LogP contribution in [0.1, 0.15) is 34.1 Å². The zero-order valence-electron chi connectivity index (χ0n) is 15.5. The van der Waals surface area contributed by atoms with Crippen LogP contribution in [-0.4, -0.2) is 21.5 Å². The van der Waals surface area contributed by atoms with E-state index < -0.39 is 5.25 Å². The largest absolute Gasteiger partial charge is 0.352 e. The maximum absolute atomic E-state index is 12.9. The van der Waals surface area contributed by atoms with Gasteiger partial charge in [0.1, 0.15) is 10.1 Å². The molecule has 140 valence electrons. The topological polar surface area (TPSA) is 64.0 Å². The van der Waals surface area contributed by atoms with Gasteiger partial charge < -0.3 is 5.32 Å². The fourth-order valence-corrected chi connectivity index (χ4v) is 5.11. The first-order valence-corrected chi connectivity index (χ1v) is 10.6. The summed E-state index contributed by atoms with van der Waals surface area (Å²) in [4.78, 5) is 32.3. The Bertz CT molecular complexity index is 1070. The quantitative estimate of drug-likeness (QED) is 0.525. The molecule has 1 amide bonds. The molecular weight excluding hydrogens is 378 g/mol. The second-order valence-electron chi connectivity index (χ2n) is 6.91. The van der Waals surface area contributed by atoms with E-state index in [2.05, 4.69) is 5.32 Å². The van der Waals surface area contributed by atoms with Crippen molar-refractivity contribution in [3.8, 4) is 0 Å². The number of nitrogens with zero attached hydrogens (tertiary/aromatic N) is 2. The van der Waals surface area contributed by atoms with Crippen molar-refractivity contribution in [2.45, 2.75) is 43.1 Å². The monoisotopic (exact) mass is 399 g/mol. The first kappa shape index (κ1) is 18.3. The van der Waals surface area contributed by atoms with Gasteiger partial charge in [0.05, 0.1) is 5.39 Å². The van der Waals surface area contributed by atoms with Crippen molar-refractivity contribution in [3.63, 3.8) is 0 Å². The van der Waals surface area contributed by atoms with E-state index in [4.69, 9.17) is 4.98 Å². The number of aromatic nitrogens is 2. The van der Waals surface area contributed by atoms with Gasteiger partial charge in [-0.1, -0.05) is 42.1 Å². The van der Waals surface area contributed by atoms with E-state index in [9.17, 15) is 9.59 Å². The molecule has 1 saturated carbocycles. The molecule has 7 heteroatoms. The zero-order valence-corrected chi connectivity index (χ0v) is 17.1. The van der Waals surface area contributed by atoms with Gasteiger partial charge >= 0.3 is 0 Å². The Balaban J connectivity index is 1.75. The molecule has 1 atom stereocenters. The smallest absolute Gasteiger partial charge is 0.262 e. The highest BCUT2D eigenvalue weighted by Gasteiger charge is 2.30. The highest BCUT2D eigenvalue weighted by molar-refractivity contribution is 8.00. The number of hydrogen-bond donors (Lipinski definition) is 1. The van der Waals surface area contributed by atoms with Gasteiger partial charge in [-0.2, -0.15) is 0 Å². The minimum Gasteiger partial charge on any atom is -0.352 e. The van der Waals surface area contributed by atoms with Crippen LogP contribution in [0.25, 0.3) is 10.2 Å². The predicted molar refractivity (Wildman–Crippen MR) is 111 cm³/mol. The molecule has 0 radical (unpaired) electrons. The van der Waals surface area contributed by atoms with Gasteiger partial charge in [-0.25, -0.2) is 4.98 Å². The van der Waals surface area contributed by atoms with E-state index in [1.165, 1.54) is 23.1 Å². The van der Waals surface area contributed by atoms with Crippen LogP contribution in [0.2, 0.25) is 0 Å². The molecule has 3 aromatic rings. The van der Waals surface area contributed by atoms with Crippen LogP contribution in [0.4, 0.5) is 0 Å². The Kier molecular flexibility index (Phi) is 4.82. The number of hydrogen-bond acceptors (Lipinski definition) is 5. The normalized spacial score (nSPS) is 15.1. The summed E-state index contributed by atoms with van der Waals surface area (Å²) in [5.74, 6) is -0.0263. The van der Waals surface area contributed by atoms with Gasteiger partial charge in [-0.05, 0) is 37.8 Å². The third-order valence-corrected chi connectivity index (χ3v) is 7.26. The summed E-state index contributed by atoms with van der Waals surface area (Å²) in [6, 6.07) is 9.96. The van der Waals surface area contributed by atoms with E-state index in [1.54, 1.807) is 11.6 Å². The van der Waals surface area contributed by atoms with Gasteiger partial charge in [0.15, 0.2) is 5.16 Å². The Morgan fingerprint density at radius 3 is 2.67 bits per heavy atom. The molecule has 1 aromatic carbocycles. The summed E-state index contributed by atoms with van der Waals surface area (Å²) < 4.78 is 1.56. The Hall–Kier alpha value is -2.12. The zero-order chi connectivity index (χ0) is 19.1. The van der Waals surface area contributed by atoms with Crippen molar-refractivity contribution in [2.24, 2.45) is 7.05 Å². The number of aryl methyl sites for hydroxylation is 2. The van der Waals surface area contributed by atoms with E-state index in [0.29, 0.717) is 10.5 Å². The number of rotatable bonds is 5. The summed E-state index contributed by atoms with van der Waals surface area (Å²) in [6.45, 7) is 3.96. The highest BCUT2D eigenvalue weighted by atomic mass is 32.2. The molecule has 0 aliphatic heterocycles. The van der Waals surface area contributed by atoms with Gasteiger partial charge in [0.2, 0.25) is 5.91 Å². The van der Waals surface area contributed by atoms with Crippen LogP contribution in [0.15, 0.2) is 40.3 Å². The maximum Gasteiger partial charge on any atom is 0.262 e. The standard InChI is InChI=1S/C20H21N3O2S2/c1-11-12(2)26-18-15(11)19(25)23(3)20(22-18)27-16(13-7-5-4-6-8-13)17(24)21-14-9-10-14/h4-8,14,16H,9-10H2,1-3H3,(H,21,24). The van der Waals surface area contributed by atoms with Gasteiger partial charge in [0, 0.05) is 18.0 Å². The van der Waals surface area contributed by atoms with E-state index in [1.807, 2.05) is 44.2 Å². The molecule has 5 nitrogen and oxygen atoms in total. The summed E-state index contributed by atoms with van der Waals surface area (Å²) in [7, 11) is 1.73. The summed E-state index contributed by atoms with van der Waals surface area (Å²) in [5.41, 5.74) is 1.85. The molecular formula is C20H21N3O2S2. The SMILES string of the molecule is Cc1sc2nc(SC(C(=O)NC3CC3)c3ccccc3)n(C)c(=O)c2c1C. The van der Waals surface area contributed by atoms with Crippen LogP contribution in [0.5, 0.6) is 0 Å². The average molecular weight is 400 g/mol. The number of benzene rings is 1. The van der Waals surface area contributed by atoms with Crippen molar-refractivity contribution in [1.82, 2.24) is 14.9 Å². The number of thioether (sulfide) groups is 1. The Labute approximate surface area is 165 Å². The number of carbonyl (C=O) groups is 1. The van der Waals surface area contributed by atoms with Crippen molar-refractivity contribution < 1.29 is 4.79 Å². The maximum atomic E-state index is 12.9. The summed E-state index contributed by atoms with van der Waals surface area (Å²) in [5, 5.41) is 3.89. The number of amides is 1. The molecule has 0 saturated heterocycles. The van der Waals surface area contributed by atoms with E-state index >= 15 is 0 Å². The number of nitrogens with one attached hydrogen (secondary N) is 1. The highest BCUT2D eigenvalue weighted by Crippen LogP contribution is 2.36. The lowest BCUT2D eigenvalue weighted by Crippen LogP contribution is -2.30. The number of thiophene rings is 1. The van der Waals surface area contributed by atoms with Gasteiger partial charge in [-0.15, -0.1) is 11.3 Å². The number of carbonyl (C=O) groups excluding carboxylic acids is 1. The Morgan fingerprint density at radius 2 is 2.00 bits per heavy atom. The van der Waals surface area contributed by atoms with Crippen LogP contribution >= 0.6 is 23.1 Å². The van der Waals surface area contributed by atoms with Gasteiger partial charge in [-0.3, -0.25) is 14.2 Å². The van der Waals surface area contributed by atoms with Crippen molar-refractivity contribution in [3.05, 3.63) is 56.7 Å². The Morgan fingerprint density at radius 1 is 1.30 bits per heavy atom. The first-order valence-electron chi connectivity index (χ1n) is 8.94. The van der Waals surface area contributed by atoms with Crippen molar-refractivity contribution in [1.29, 1.82) is 0 Å². The molecule has 1 unspecified atom stereocenters. The molecule has 1 aliphatic rings.